The summed E-state index contributed by atoms with van der Waals surface area (Å²) in [6.07, 6.45) is 7.61. The summed E-state index contributed by atoms with van der Waals surface area (Å²) in [6, 6.07) is 2.59. The molecule has 0 aromatic rings. The molecule has 4 aliphatic rings. The zero-order chi connectivity index (χ0) is 13.4. The van der Waals surface area contributed by atoms with Crippen molar-refractivity contribution in [2.45, 2.75) is 57.9 Å². The molecule has 3 heteroatoms. The van der Waals surface area contributed by atoms with E-state index in [2.05, 4.69) is 17.9 Å². The number of nitriles is 1. The molecule has 4 bridgehead atoms. The third kappa shape index (κ3) is 2.26. The zero-order valence-electron chi connectivity index (χ0n) is 11.8. The first-order valence-corrected chi connectivity index (χ1v) is 7.89. The second kappa shape index (κ2) is 5.15. The second-order valence-corrected chi connectivity index (χ2v) is 6.76. The molecule has 0 aliphatic heterocycles. The average Bonchev–Trinajstić information content (AvgIpc) is 2.39. The van der Waals surface area contributed by atoms with Crippen molar-refractivity contribution in [2.75, 3.05) is 6.54 Å². The van der Waals surface area contributed by atoms with Gasteiger partial charge in [-0.2, -0.15) is 5.26 Å². The summed E-state index contributed by atoms with van der Waals surface area (Å²) in [5, 5.41) is 8.66. The van der Waals surface area contributed by atoms with Crippen molar-refractivity contribution in [3.8, 4) is 6.07 Å². The highest BCUT2D eigenvalue weighted by Gasteiger charge is 2.50. The topological polar surface area (TPSA) is 44.1 Å². The molecule has 0 saturated heterocycles. The fourth-order valence-electron chi connectivity index (χ4n) is 5.27. The molecule has 19 heavy (non-hydrogen) atoms. The van der Waals surface area contributed by atoms with Crippen LogP contribution in [0.3, 0.4) is 0 Å². The molecule has 0 aromatic carbocycles. The lowest BCUT2D eigenvalue weighted by atomic mass is 9.54. The molecule has 4 fully saturated rings. The van der Waals surface area contributed by atoms with Gasteiger partial charge in [-0.3, -0.25) is 4.79 Å². The van der Waals surface area contributed by atoms with Gasteiger partial charge in [0.25, 0.3) is 0 Å². The van der Waals surface area contributed by atoms with E-state index >= 15 is 0 Å². The minimum atomic E-state index is 0.210. The first-order chi connectivity index (χ1) is 9.22. The Morgan fingerprint density at radius 2 is 1.74 bits per heavy atom. The molecular weight excluding hydrogens is 236 g/mol. The molecule has 0 aromatic heterocycles. The van der Waals surface area contributed by atoms with Crippen LogP contribution in [0.4, 0.5) is 0 Å². The Morgan fingerprint density at radius 3 is 2.21 bits per heavy atom. The van der Waals surface area contributed by atoms with Crippen molar-refractivity contribution in [1.82, 2.24) is 4.90 Å². The van der Waals surface area contributed by atoms with Crippen LogP contribution in [0.25, 0.3) is 0 Å². The SMILES string of the molecule is CCN(C(=O)CCC#N)C1C2CC3CC(C2)CC1C3. The number of nitrogens with zero attached hydrogens (tertiary/aromatic N) is 2. The van der Waals surface area contributed by atoms with Crippen LogP contribution >= 0.6 is 0 Å². The molecule has 4 rings (SSSR count). The molecule has 0 N–H and O–H groups in total. The molecule has 3 nitrogen and oxygen atoms in total. The third-order valence-electron chi connectivity index (χ3n) is 5.65. The van der Waals surface area contributed by atoms with E-state index < -0.39 is 0 Å². The van der Waals surface area contributed by atoms with Crippen LogP contribution in [-0.4, -0.2) is 23.4 Å². The van der Waals surface area contributed by atoms with Gasteiger partial charge in [-0.25, -0.2) is 0 Å². The lowest BCUT2D eigenvalue weighted by molar-refractivity contribution is -0.143. The summed E-state index contributed by atoms with van der Waals surface area (Å²) in [6.45, 7) is 2.91. The van der Waals surface area contributed by atoms with Gasteiger partial charge in [-0.05, 0) is 62.7 Å². The average molecular weight is 260 g/mol. The van der Waals surface area contributed by atoms with Crippen molar-refractivity contribution < 1.29 is 4.79 Å². The first-order valence-electron chi connectivity index (χ1n) is 7.89. The summed E-state index contributed by atoms with van der Waals surface area (Å²) in [4.78, 5) is 14.4. The van der Waals surface area contributed by atoms with E-state index in [1.807, 2.05) is 0 Å². The molecular formula is C16H24N2O. The van der Waals surface area contributed by atoms with Crippen molar-refractivity contribution in [3.05, 3.63) is 0 Å². The number of hydrogen-bond donors (Lipinski definition) is 0. The Bertz CT molecular complexity index is 370. The number of hydrogen-bond acceptors (Lipinski definition) is 2. The van der Waals surface area contributed by atoms with Gasteiger partial charge in [0, 0.05) is 25.4 Å². The third-order valence-corrected chi connectivity index (χ3v) is 5.65. The van der Waals surface area contributed by atoms with Crippen molar-refractivity contribution in [3.63, 3.8) is 0 Å². The van der Waals surface area contributed by atoms with Crippen LogP contribution in [0.1, 0.15) is 51.9 Å². The Kier molecular flexibility index (Phi) is 3.52. The van der Waals surface area contributed by atoms with Crippen LogP contribution in [0.5, 0.6) is 0 Å². The Balaban J connectivity index is 1.73. The van der Waals surface area contributed by atoms with Gasteiger partial charge in [0.15, 0.2) is 0 Å². The van der Waals surface area contributed by atoms with Gasteiger partial charge in [0.05, 0.1) is 6.07 Å². The predicted octanol–water partition coefficient (Wildman–Crippen LogP) is 2.96. The molecule has 0 atom stereocenters. The highest BCUT2D eigenvalue weighted by atomic mass is 16.2. The van der Waals surface area contributed by atoms with E-state index in [1.54, 1.807) is 0 Å². The van der Waals surface area contributed by atoms with E-state index in [4.69, 9.17) is 5.26 Å². The first kappa shape index (κ1) is 13.0. The molecule has 0 heterocycles. The highest BCUT2D eigenvalue weighted by Crippen LogP contribution is 2.55. The minimum absolute atomic E-state index is 0.210. The lowest BCUT2D eigenvalue weighted by Crippen LogP contribution is -2.57. The Morgan fingerprint density at radius 1 is 1.16 bits per heavy atom. The zero-order valence-corrected chi connectivity index (χ0v) is 11.8. The molecule has 4 aliphatic carbocycles. The quantitative estimate of drug-likeness (QED) is 0.780. The standard InChI is InChI=1S/C16H24N2O/c1-2-18(15(19)4-3-5-17)16-13-7-11-6-12(9-13)10-14(16)8-11/h11-14,16H,2-4,6-10H2,1H3. The molecule has 4 saturated carbocycles. The van der Waals surface area contributed by atoms with Crippen LogP contribution < -0.4 is 0 Å². The maximum atomic E-state index is 12.3. The minimum Gasteiger partial charge on any atom is -0.339 e. The number of rotatable bonds is 4. The van der Waals surface area contributed by atoms with E-state index in [9.17, 15) is 4.79 Å². The number of carbonyl (C=O) groups is 1. The summed E-state index contributed by atoms with van der Waals surface area (Å²) >= 11 is 0. The van der Waals surface area contributed by atoms with E-state index in [0.717, 1.165) is 30.2 Å². The van der Waals surface area contributed by atoms with Crippen LogP contribution in [0, 0.1) is 35.0 Å². The molecule has 0 radical (unpaired) electrons. The number of amides is 1. The van der Waals surface area contributed by atoms with Gasteiger partial charge in [0.1, 0.15) is 0 Å². The summed E-state index contributed by atoms with van der Waals surface area (Å²) in [5.41, 5.74) is 0. The second-order valence-electron chi connectivity index (χ2n) is 6.76. The molecule has 0 unspecified atom stereocenters. The van der Waals surface area contributed by atoms with Gasteiger partial charge < -0.3 is 4.90 Å². The molecule has 1 amide bonds. The van der Waals surface area contributed by atoms with E-state index in [0.29, 0.717) is 18.9 Å². The maximum Gasteiger partial charge on any atom is 0.223 e. The monoisotopic (exact) mass is 260 g/mol. The maximum absolute atomic E-state index is 12.3. The fourth-order valence-corrected chi connectivity index (χ4v) is 5.27. The van der Waals surface area contributed by atoms with Crippen molar-refractivity contribution >= 4 is 5.91 Å². The van der Waals surface area contributed by atoms with Crippen LogP contribution in [-0.2, 0) is 4.79 Å². The van der Waals surface area contributed by atoms with Crippen LogP contribution in [0.2, 0.25) is 0 Å². The Labute approximate surface area is 116 Å². The summed E-state index contributed by atoms with van der Waals surface area (Å²) in [5.74, 6) is 3.62. The van der Waals surface area contributed by atoms with E-state index in [-0.39, 0.29) is 5.91 Å². The normalized spacial score (nSPS) is 39.1. The van der Waals surface area contributed by atoms with Crippen molar-refractivity contribution in [1.29, 1.82) is 5.26 Å². The smallest absolute Gasteiger partial charge is 0.223 e. The highest BCUT2D eigenvalue weighted by molar-refractivity contribution is 5.76. The van der Waals surface area contributed by atoms with Crippen molar-refractivity contribution in [2.24, 2.45) is 23.7 Å². The van der Waals surface area contributed by atoms with Gasteiger partial charge >= 0.3 is 0 Å². The summed E-state index contributed by atoms with van der Waals surface area (Å²) < 4.78 is 0. The van der Waals surface area contributed by atoms with Gasteiger partial charge in [-0.1, -0.05) is 0 Å². The molecule has 104 valence electrons. The van der Waals surface area contributed by atoms with Gasteiger partial charge in [-0.15, -0.1) is 0 Å². The predicted molar refractivity (Wildman–Crippen MR) is 73.1 cm³/mol. The largest absolute Gasteiger partial charge is 0.339 e. The molecule has 0 spiro atoms. The van der Waals surface area contributed by atoms with Crippen LogP contribution in [0.15, 0.2) is 0 Å². The van der Waals surface area contributed by atoms with E-state index in [1.165, 1.54) is 32.1 Å². The lowest BCUT2D eigenvalue weighted by Gasteiger charge is -2.57. The number of carbonyl (C=O) groups excluding carboxylic acids is 1. The summed E-state index contributed by atoms with van der Waals surface area (Å²) in [7, 11) is 0. The van der Waals surface area contributed by atoms with Gasteiger partial charge in [0.2, 0.25) is 5.91 Å². The fraction of sp³-hybridized carbons (Fsp3) is 0.875. The Hall–Kier alpha value is -1.04.